The smallest absolute Gasteiger partial charge is 0.335 e. The number of hydrogen-bond acceptors (Lipinski definition) is 3. The minimum Gasteiger partial charge on any atom is -0.478 e. The molecule has 0 amide bonds. The van der Waals surface area contributed by atoms with Crippen LogP contribution in [-0.2, 0) is 0 Å². The van der Waals surface area contributed by atoms with Gasteiger partial charge in [-0.15, -0.1) is 6.42 Å². The van der Waals surface area contributed by atoms with Crippen molar-refractivity contribution in [2.45, 2.75) is 25.8 Å². The van der Waals surface area contributed by atoms with E-state index in [1.165, 1.54) is 0 Å². The lowest BCUT2D eigenvalue weighted by molar-refractivity contribution is 0.0697. The van der Waals surface area contributed by atoms with Crippen molar-refractivity contribution in [1.82, 2.24) is 4.90 Å². The molecule has 4 nitrogen and oxygen atoms in total. The number of likely N-dealkylation sites (tertiary alicyclic amines) is 1. The van der Waals surface area contributed by atoms with Crippen molar-refractivity contribution in [3.05, 3.63) is 29.3 Å². The number of nitrogens with zero attached hydrogens (tertiary/aromatic N) is 1. The van der Waals surface area contributed by atoms with Crippen LogP contribution in [-0.4, -0.2) is 41.7 Å². The number of rotatable bonds is 4. The second-order valence-corrected chi connectivity index (χ2v) is 5.23. The lowest BCUT2D eigenvalue weighted by Crippen LogP contribution is -2.39. The maximum absolute atomic E-state index is 11.0. The molecule has 1 aliphatic heterocycles. The Bertz CT molecular complexity index is 526. The van der Waals surface area contributed by atoms with Crippen molar-refractivity contribution in [1.29, 1.82) is 0 Å². The normalized spacial score (nSPS) is 16.6. The van der Waals surface area contributed by atoms with E-state index in [1.807, 2.05) is 13.0 Å². The van der Waals surface area contributed by atoms with Gasteiger partial charge in [-0.1, -0.05) is 12.0 Å². The average Bonchev–Trinajstić information content (AvgIpc) is 2.43. The third kappa shape index (κ3) is 3.52. The molecule has 2 rings (SSSR count). The Balaban J connectivity index is 1.99. The maximum atomic E-state index is 11.0. The standard InChI is InChI=1S/C16H20N2O2/c1-3-8-18-9-6-14(7-10-18)17-15-11-13(16(19)20)5-4-12(15)2/h1,4-5,11,14,17H,6-10H2,2H3,(H,19,20). The van der Waals surface area contributed by atoms with Gasteiger partial charge in [-0.25, -0.2) is 4.79 Å². The number of piperidine rings is 1. The molecule has 106 valence electrons. The minimum absolute atomic E-state index is 0.322. The van der Waals surface area contributed by atoms with E-state index in [0.717, 1.165) is 37.2 Å². The van der Waals surface area contributed by atoms with Gasteiger partial charge in [-0.3, -0.25) is 4.90 Å². The number of benzene rings is 1. The molecule has 0 aliphatic carbocycles. The lowest BCUT2D eigenvalue weighted by Gasteiger charge is -2.32. The molecule has 1 aromatic rings. The largest absolute Gasteiger partial charge is 0.478 e. The van der Waals surface area contributed by atoms with Crippen LogP contribution in [0.25, 0.3) is 0 Å². The predicted octanol–water partition coefficient (Wildman–Crippen LogP) is 2.20. The molecule has 1 heterocycles. The summed E-state index contributed by atoms with van der Waals surface area (Å²) in [6.07, 6.45) is 7.37. The third-order valence-corrected chi connectivity index (χ3v) is 3.75. The Morgan fingerprint density at radius 1 is 1.50 bits per heavy atom. The molecule has 1 fully saturated rings. The molecule has 0 unspecified atom stereocenters. The molecule has 1 aliphatic rings. The van der Waals surface area contributed by atoms with Crippen molar-refractivity contribution in [3.8, 4) is 12.3 Å². The van der Waals surface area contributed by atoms with Crippen LogP contribution in [0.2, 0.25) is 0 Å². The number of aromatic carboxylic acids is 1. The number of anilines is 1. The first-order valence-corrected chi connectivity index (χ1v) is 6.86. The molecule has 0 atom stereocenters. The summed E-state index contributed by atoms with van der Waals surface area (Å²) in [6.45, 7) is 4.67. The van der Waals surface area contributed by atoms with Gasteiger partial charge < -0.3 is 10.4 Å². The van der Waals surface area contributed by atoms with E-state index in [0.29, 0.717) is 18.2 Å². The van der Waals surface area contributed by atoms with Crippen LogP contribution < -0.4 is 5.32 Å². The SMILES string of the molecule is C#CCN1CCC(Nc2cc(C(=O)O)ccc2C)CC1. The van der Waals surface area contributed by atoms with Crippen LogP contribution in [0.5, 0.6) is 0 Å². The molecule has 20 heavy (non-hydrogen) atoms. The van der Waals surface area contributed by atoms with Crippen LogP contribution in [0.3, 0.4) is 0 Å². The summed E-state index contributed by atoms with van der Waals surface area (Å²) in [5, 5.41) is 12.5. The molecule has 1 aromatic carbocycles. The van der Waals surface area contributed by atoms with E-state index >= 15 is 0 Å². The van der Waals surface area contributed by atoms with Crippen molar-refractivity contribution < 1.29 is 9.90 Å². The highest BCUT2D eigenvalue weighted by molar-refractivity contribution is 5.89. The van der Waals surface area contributed by atoms with Gasteiger partial charge >= 0.3 is 5.97 Å². The highest BCUT2D eigenvalue weighted by atomic mass is 16.4. The number of terminal acetylenes is 1. The fourth-order valence-electron chi connectivity index (χ4n) is 2.49. The minimum atomic E-state index is -0.892. The van der Waals surface area contributed by atoms with Gasteiger partial charge in [0.25, 0.3) is 0 Å². The molecule has 2 N–H and O–H groups in total. The first-order valence-electron chi connectivity index (χ1n) is 6.86. The van der Waals surface area contributed by atoms with Gasteiger partial charge in [0.05, 0.1) is 12.1 Å². The fraction of sp³-hybridized carbons (Fsp3) is 0.438. The lowest BCUT2D eigenvalue weighted by atomic mass is 10.0. The predicted molar refractivity (Wildman–Crippen MR) is 80.1 cm³/mol. The summed E-state index contributed by atoms with van der Waals surface area (Å²) in [5.41, 5.74) is 2.31. The zero-order valence-corrected chi connectivity index (χ0v) is 11.7. The van der Waals surface area contributed by atoms with E-state index in [2.05, 4.69) is 16.1 Å². The summed E-state index contributed by atoms with van der Waals surface area (Å²) in [4.78, 5) is 13.3. The molecule has 0 spiro atoms. The maximum Gasteiger partial charge on any atom is 0.335 e. The Labute approximate surface area is 119 Å². The quantitative estimate of drug-likeness (QED) is 0.825. The van der Waals surface area contributed by atoms with E-state index in [1.54, 1.807) is 12.1 Å². The van der Waals surface area contributed by atoms with Crippen LogP contribution >= 0.6 is 0 Å². The molecule has 0 radical (unpaired) electrons. The van der Waals surface area contributed by atoms with Crippen molar-refractivity contribution >= 4 is 11.7 Å². The molecule has 4 heteroatoms. The van der Waals surface area contributed by atoms with Gasteiger partial charge in [0.2, 0.25) is 0 Å². The van der Waals surface area contributed by atoms with Gasteiger partial charge in [0.15, 0.2) is 0 Å². The molecular weight excluding hydrogens is 252 g/mol. The number of carboxylic acids is 1. The highest BCUT2D eigenvalue weighted by Gasteiger charge is 2.19. The van der Waals surface area contributed by atoms with Crippen LogP contribution in [0.4, 0.5) is 5.69 Å². The van der Waals surface area contributed by atoms with Gasteiger partial charge in [0, 0.05) is 24.8 Å². The number of carboxylic acid groups (broad SMARTS) is 1. The van der Waals surface area contributed by atoms with E-state index in [-0.39, 0.29) is 0 Å². The molecule has 1 saturated heterocycles. The number of hydrogen-bond donors (Lipinski definition) is 2. The van der Waals surface area contributed by atoms with Crippen molar-refractivity contribution in [2.24, 2.45) is 0 Å². The van der Waals surface area contributed by atoms with Gasteiger partial charge in [0.1, 0.15) is 0 Å². The summed E-state index contributed by atoms with van der Waals surface area (Å²) in [6, 6.07) is 5.58. The summed E-state index contributed by atoms with van der Waals surface area (Å²) < 4.78 is 0. The number of nitrogens with one attached hydrogen (secondary N) is 1. The van der Waals surface area contributed by atoms with Crippen molar-refractivity contribution in [2.75, 3.05) is 25.0 Å². The van der Waals surface area contributed by atoms with Crippen LogP contribution in [0, 0.1) is 19.3 Å². The summed E-state index contributed by atoms with van der Waals surface area (Å²) in [7, 11) is 0. The molecule has 0 aromatic heterocycles. The highest BCUT2D eigenvalue weighted by Crippen LogP contribution is 2.21. The average molecular weight is 272 g/mol. The third-order valence-electron chi connectivity index (χ3n) is 3.75. The first-order chi connectivity index (χ1) is 9.60. The molecular formula is C16H20N2O2. The van der Waals surface area contributed by atoms with E-state index in [4.69, 9.17) is 11.5 Å². The first kappa shape index (κ1) is 14.4. The van der Waals surface area contributed by atoms with Crippen molar-refractivity contribution in [3.63, 3.8) is 0 Å². The topological polar surface area (TPSA) is 52.6 Å². The number of carbonyl (C=O) groups is 1. The van der Waals surface area contributed by atoms with Crippen LogP contribution in [0.1, 0.15) is 28.8 Å². The van der Waals surface area contributed by atoms with Crippen LogP contribution in [0.15, 0.2) is 18.2 Å². The Hall–Kier alpha value is -1.99. The van der Waals surface area contributed by atoms with E-state index in [9.17, 15) is 4.79 Å². The second-order valence-electron chi connectivity index (χ2n) is 5.23. The summed E-state index contributed by atoms with van der Waals surface area (Å²) in [5.74, 6) is 1.78. The monoisotopic (exact) mass is 272 g/mol. The Morgan fingerprint density at radius 2 is 2.20 bits per heavy atom. The zero-order chi connectivity index (χ0) is 14.5. The molecule has 0 saturated carbocycles. The van der Waals surface area contributed by atoms with E-state index < -0.39 is 5.97 Å². The Kier molecular flexibility index (Phi) is 4.65. The second kappa shape index (κ2) is 6.44. The zero-order valence-electron chi connectivity index (χ0n) is 11.7. The Morgan fingerprint density at radius 3 is 2.80 bits per heavy atom. The van der Waals surface area contributed by atoms with Gasteiger partial charge in [-0.2, -0.15) is 0 Å². The molecule has 0 bridgehead atoms. The fourth-order valence-corrected chi connectivity index (χ4v) is 2.49. The van der Waals surface area contributed by atoms with Gasteiger partial charge in [-0.05, 0) is 37.5 Å². The number of aryl methyl sites for hydroxylation is 1. The summed E-state index contributed by atoms with van der Waals surface area (Å²) >= 11 is 0.